The topological polar surface area (TPSA) is 9.23 Å². The highest BCUT2D eigenvalue weighted by Gasteiger charge is 1.91. The van der Waals surface area contributed by atoms with E-state index >= 15 is 0 Å². The highest BCUT2D eigenvalue weighted by atomic mass is 31.0. The Morgan fingerprint density at radius 2 is 1.75 bits per heavy atom. The minimum atomic E-state index is 0.919. The molecule has 1 atom stereocenters. The van der Waals surface area contributed by atoms with Crippen LogP contribution < -0.4 is 4.52 Å². The molecule has 1 rings (SSSR count). The van der Waals surface area contributed by atoms with Gasteiger partial charge in [-0.3, -0.25) is 0 Å². The van der Waals surface area contributed by atoms with Crippen LogP contribution in [0.4, 0.5) is 0 Å². The third-order valence-electron chi connectivity index (χ3n) is 1.22. The summed E-state index contributed by atoms with van der Waals surface area (Å²) in [4.78, 5) is 0. The van der Waals surface area contributed by atoms with Crippen LogP contribution in [0.25, 0.3) is 0 Å². The smallest absolute Gasteiger partial charge is 0.125 e. The van der Waals surface area contributed by atoms with E-state index in [-0.39, 0.29) is 0 Å². The van der Waals surface area contributed by atoms with Crippen molar-refractivity contribution in [3.63, 3.8) is 0 Å². The van der Waals surface area contributed by atoms with E-state index in [2.05, 4.69) is 23.3 Å². The summed E-state index contributed by atoms with van der Waals surface area (Å²) >= 11 is 0. The average Bonchev–Trinajstić information content (AvgIpc) is 2.07. The van der Waals surface area contributed by atoms with Crippen LogP contribution in [-0.2, 0) is 0 Å². The molecular formula is C10H17OP. The monoisotopic (exact) mass is 184 g/mol. The molecule has 0 bridgehead atoms. The molecule has 0 aliphatic rings. The lowest BCUT2D eigenvalue weighted by Crippen LogP contribution is -1.77. The molecule has 2 heteroatoms. The van der Waals surface area contributed by atoms with Gasteiger partial charge in [-0.2, -0.15) is 0 Å². The number of hydrogen-bond acceptors (Lipinski definition) is 1. The second-order valence-corrected chi connectivity index (χ2v) is 2.83. The summed E-state index contributed by atoms with van der Waals surface area (Å²) in [6.07, 6.45) is 1.25. The molecule has 0 aromatic heterocycles. The van der Waals surface area contributed by atoms with Crippen molar-refractivity contribution >= 4 is 9.47 Å². The van der Waals surface area contributed by atoms with E-state index in [0.717, 1.165) is 11.3 Å². The molecule has 0 saturated heterocycles. The molecule has 68 valence electrons. The third-order valence-corrected chi connectivity index (χ3v) is 1.47. The minimum Gasteiger partial charge on any atom is -0.480 e. The second-order valence-electron chi connectivity index (χ2n) is 2.59. The van der Waals surface area contributed by atoms with Crippen LogP contribution in [-0.4, -0.2) is 0 Å². The maximum atomic E-state index is 4.96. The van der Waals surface area contributed by atoms with Crippen molar-refractivity contribution in [1.82, 2.24) is 0 Å². The van der Waals surface area contributed by atoms with E-state index in [1.807, 2.05) is 31.2 Å². The molecule has 0 saturated carbocycles. The van der Waals surface area contributed by atoms with Gasteiger partial charge in [0.15, 0.2) is 0 Å². The van der Waals surface area contributed by atoms with Gasteiger partial charge in [-0.15, -0.1) is 0 Å². The first-order valence-electron chi connectivity index (χ1n) is 4.18. The summed E-state index contributed by atoms with van der Waals surface area (Å²) in [6.45, 7) is 6.26. The predicted octanol–water partition coefficient (Wildman–Crippen LogP) is 3.58. The van der Waals surface area contributed by atoms with Gasteiger partial charge in [0.25, 0.3) is 0 Å². The molecule has 1 unspecified atom stereocenters. The Morgan fingerprint density at radius 3 is 2.08 bits per heavy atom. The lowest BCUT2D eigenvalue weighted by atomic mass is 10.2. The number of hydrogen-bond donors (Lipinski definition) is 0. The average molecular weight is 184 g/mol. The van der Waals surface area contributed by atoms with Crippen LogP contribution >= 0.6 is 9.47 Å². The molecule has 0 spiro atoms. The van der Waals surface area contributed by atoms with Crippen LogP contribution in [0.2, 0.25) is 0 Å². The van der Waals surface area contributed by atoms with E-state index in [1.54, 1.807) is 0 Å². The summed E-state index contributed by atoms with van der Waals surface area (Å²) in [5, 5.41) is 0. The normalized spacial score (nSPS) is 8.33. The van der Waals surface area contributed by atoms with Crippen molar-refractivity contribution in [3.05, 3.63) is 29.8 Å². The molecule has 1 aromatic rings. The van der Waals surface area contributed by atoms with Gasteiger partial charge in [0.1, 0.15) is 5.75 Å². The molecule has 0 fully saturated rings. The maximum absolute atomic E-state index is 4.96. The van der Waals surface area contributed by atoms with E-state index in [4.69, 9.17) is 4.52 Å². The summed E-state index contributed by atoms with van der Waals surface area (Å²) < 4.78 is 4.96. The molecule has 0 aliphatic heterocycles. The Labute approximate surface area is 77.4 Å². The number of rotatable bonds is 1. The van der Waals surface area contributed by atoms with Gasteiger partial charge in [0.05, 0.1) is 9.47 Å². The summed E-state index contributed by atoms with van der Waals surface area (Å²) in [5.41, 5.74) is 1.16. The Bertz CT molecular complexity index is 211. The quantitative estimate of drug-likeness (QED) is 0.606. The van der Waals surface area contributed by atoms with Crippen molar-refractivity contribution in [2.75, 3.05) is 0 Å². The van der Waals surface area contributed by atoms with Gasteiger partial charge in [0, 0.05) is 0 Å². The van der Waals surface area contributed by atoms with Gasteiger partial charge in [-0.25, -0.2) is 0 Å². The first-order chi connectivity index (χ1) is 5.76. The maximum Gasteiger partial charge on any atom is 0.125 e. The van der Waals surface area contributed by atoms with Crippen molar-refractivity contribution in [2.24, 2.45) is 0 Å². The van der Waals surface area contributed by atoms with Crippen LogP contribution in [0.15, 0.2) is 24.3 Å². The lowest BCUT2D eigenvalue weighted by molar-refractivity contribution is 0.640. The van der Waals surface area contributed by atoms with Crippen LogP contribution in [0.5, 0.6) is 5.75 Å². The fraction of sp³-hybridized carbons (Fsp3) is 0.400. The van der Waals surface area contributed by atoms with Crippen LogP contribution in [0.3, 0.4) is 0 Å². The van der Waals surface area contributed by atoms with E-state index < -0.39 is 0 Å². The van der Waals surface area contributed by atoms with Gasteiger partial charge in [0.2, 0.25) is 0 Å². The van der Waals surface area contributed by atoms with E-state index in [9.17, 15) is 0 Å². The predicted molar refractivity (Wildman–Crippen MR) is 57.5 cm³/mol. The molecule has 0 N–H and O–H groups in total. The SMILES string of the molecule is CCC.Cc1ccccc1OP. The van der Waals surface area contributed by atoms with Crippen molar-refractivity contribution < 1.29 is 4.52 Å². The third kappa shape index (κ3) is 4.35. The Morgan fingerprint density at radius 1 is 1.25 bits per heavy atom. The highest BCUT2D eigenvalue weighted by Crippen LogP contribution is 2.17. The Hall–Kier alpha value is -0.550. The van der Waals surface area contributed by atoms with Crippen molar-refractivity contribution in [1.29, 1.82) is 0 Å². The highest BCUT2D eigenvalue weighted by molar-refractivity contribution is 7.10. The van der Waals surface area contributed by atoms with Gasteiger partial charge < -0.3 is 4.52 Å². The fourth-order valence-corrected chi connectivity index (χ4v) is 0.953. The zero-order chi connectivity index (χ0) is 9.40. The fourth-order valence-electron chi connectivity index (χ4n) is 0.689. The number of para-hydroxylation sites is 1. The number of benzene rings is 1. The van der Waals surface area contributed by atoms with Gasteiger partial charge in [-0.05, 0) is 18.6 Å². The van der Waals surface area contributed by atoms with Crippen molar-refractivity contribution in [3.8, 4) is 5.75 Å². The molecule has 0 radical (unpaired) electrons. The molecule has 0 aliphatic carbocycles. The van der Waals surface area contributed by atoms with Crippen LogP contribution in [0.1, 0.15) is 25.8 Å². The van der Waals surface area contributed by atoms with Crippen LogP contribution in [0, 0.1) is 6.92 Å². The largest absolute Gasteiger partial charge is 0.480 e. The lowest BCUT2D eigenvalue weighted by Gasteiger charge is -2.00. The molecular weight excluding hydrogens is 167 g/mol. The van der Waals surface area contributed by atoms with E-state index in [0.29, 0.717) is 0 Å². The van der Waals surface area contributed by atoms with Crippen molar-refractivity contribution in [2.45, 2.75) is 27.2 Å². The van der Waals surface area contributed by atoms with Gasteiger partial charge >= 0.3 is 0 Å². The molecule has 12 heavy (non-hydrogen) atoms. The Balaban J connectivity index is 0.000000354. The second kappa shape index (κ2) is 7.12. The molecule has 1 nitrogen and oxygen atoms in total. The van der Waals surface area contributed by atoms with Gasteiger partial charge in [-0.1, -0.05) is 38.5 Å². The summed E-state index contributed by atoms with van der Waals surface area (Å²) in [7, 11) is 2.23. The Kier molecular flexibility index (Phi) is 6.79. The summed E-state index contributed by atoms with van der Waals surface area (Å²) in [6, 6.07) is 7.89. The zero-order valence-corrected chi connectivity index (χ0v) is 9.16. The first kappa shape index (κ1) is 11.4. The first-order valence-corrected chi connectivity index (χ1v) is 4.65. The zero-order valence-electron chi connectivity index (χ0n) is 8.00. The minimum absolute atomic E-state index is 0.919. The number of aryl methyl sites for hydroxylation is 1. The van der Waals surface area contributed by atoms with E-state index in [1.165, 1.54) is 6.42 Å². The molecule has 0 amide bonds. The molecule has 0 heterocycles. The molecule has 1 aromatic carbocycles. The standard InChI is InChI=1S/C7H9OP.C3H8/c1-6-4-2-3-5-7(6)8-9;1-3-2/h2-5H,9H2,1H3;3H2,1-2H3. The summed E-state index contributed by atoms with van der Waals surface area (Å²) in [5.74, 6) is 0.919.